The zero-order valence-electron chi connectivity index (χ0n) is 14.1. The van der Waals surface area contributed by atoms with E-state index in [1.54, 1.807) is 0 Å². The summed E-state index contributed by atoms with van der Waals surface area (Å²) in [6.07, 6.45) is 0.987. The van der Waals surface area contributed by atoms with E-state index in [1.165, 1.54) is 5.56 Å². The molecule has 0 bridgehead atoms. The van der Waals surface area contributed by atoms with Gasteiger partial charge in [0, 0.05) is 25.7 Å². The van der Waals surface area contributed by atoms with Crippen molar-refractivity contribution in [3.63, 3.8) is 0 Å². The second-order valence-electron chi connectivity index (χ2n) is 6.24. The molecule has 0 spiro atoms. The van der Waals surface area contributed by atoms with Gasteiger partial charge >= 0.3 is 6.03 Å². The van der Waals surface area contributed by atoms with Crippen LogP contribution in [0.4, 0.5) is 4.79 Å². The van der Waals surface area contributed by atoms with Gasteiger partial charge in [-0.25, -0.2) is 9.42 Å². The summed E-state index contributed by atoms with van der Waals surface area (Å²) in [7, 11) is 2.11. The van der Waals surface area contributed by atoms with Crippen LogP contribution in [0, 0.1) is 6.92 Å². The van der Waals surface area contributed by atoms with Gasteiger partial charge in [0.2, 0.25) is 0 Å². The molecule has 3 rings (SSSR count). The molecule has 1 saturated heterocycles. The number of aromatic nitrogens is 2. The number of likely N-dealkylation sites (tertiary alicyclic amines) is 1. The Bertz CT molecular complexity index is 673. The Labute approximate surface area is 141 Å². The van der Waals surface area contributed by atoms with Gasteiger partial charge in [0.1, 0.15) is 11.4 Å². The lowest BCUT2D eigenvalue weighted by Crippen LogP contribution is -2.41. The molecule has 1 unspecified atom stereocenters. The molecule has 2 amide bonds. The number of amides is 2. The smallest absolute Gasteiger partial charge is 0.317 e. The molecule has 128 valence electrons. The number of hydrogen-bond acceptors (Lipinski definition) is 5. The van der Waals surface area contributed by atoms with E-state index < -0.39 is 0 Å². The highest BCUT2D eigenvalue weighted by atomic mass is 16.6. The highest BCUT2D eigenvalue weighted by molar-refractivity contribution is 5.74. The van der Waals surface area contributed by atoms with E-state index in [0.29, 0.717) is 24.0 Å². The van der Waals surface area contributed by atoms with Gasteiger partial charge in [0.05, 0.1) is 6.54 Å². The fourth-order valence-electron chi connectivity index (χ4n) is 2.97. The maximum absolute atomic E-state index is 12.3. The Morgan fingerprint density at radius 3 is 2.88 bits per heavy atom. The van der Waals surface area contributed by atoms with Crippen molar-refractivity contribution < 1.29 is 9.42 Å². The molecule has 0 aliphatic carbocycles. The Balaban J connectivity index is 1.47. The highest BCUT2D eigenvalue weighted by Gasteiger charge is 2.28. The molecule has 7 nitrogen and oxygen atoms in total. The Morgan fingerprint density at radius 2 is 2.17 bits per heavy atom. The van der Waals surface area contributed by atoms with Gasteiger partial charge in [-0.15, -0.1) is 0 Å². The average Bonchev–Trinajstić information content (AvgIpc) is 3.23. The molecule has 0 saturated carbocycles. The molecule has 0 radical (unpaired) electrons. The number of likely N-dealkylation sites (N-methyl/N-ethyl adjacent to an activating group) is 1. The van der Waals surface area contributed by atoms with Crippen LogP contribution in [0.15, 0.2) is 35.0 Å². The fourth-order valence-corrected chi connectivity index (χ4v) is 2.97. The molecular weight excluding hydrogens is 306 g/mol. The largest absolute Gasteiger partial charge is 0.332 e. The van der Waals surface area contributed by atoms with Gasteiger partial charge in [0.15, 0.2) is 0 Å². The molecule has 1 N–H and O–H groups in total. The SMILES string of the molecule is Cc1nonc1CNC(=O)N1CCC(N(C)Cc2ccccc2)C1. The van der Waals surface area contributed by atoms with Crippen LogP contribution in [-0.4, -0.2) is 52.3 Å². The van der Waals surface area contributed by atoms with Crippen molar-refractivity contribution in [2.45, 2.75) is 32.5 Å². The predicted molar refractivity (Wildman–Crippen MR) is 89.2 cm³/mol. The minimum absolute atomic E-state index is 0.0620. The van der Waals surface area contributed by atoms with Crippen LogP contribution in [0.25, 0.3) is 0 Å². The van der Waals surface area contributed by atoms with Crippen LogP contribution in [0.1, 0.15) is 23.4 Å². The monoisotopic (exact) mass is 329 g/mol. The van der Waals surface area contributed by atoms with E-state index in [1.807, 2.05) is 17.9 Å². The quantitative estimate of drug-likeness (QED) is 0.905. The Hall–Kier alpha value is -2.41. The first-order valence-electron chi connectivity index (χ1n) is 8.18. The van der Waals surface area contributed by atoms with E-state index in [9.17, 15) is 4.79 Å². The van der Waals surface area contributed by atoms with Crippen LogP contribution in [0.5, 0.6) is 0 Å². The second kappa shape index (κ2) is 7.44. The number of rotatable bonds is 5. The molecule has 1 atom stereocenters. The van der Waals surface area contributed by atoms with Crippen molar-refractivity contribution in [2.24, 2.45) is 0 Å². The lowest BCUT2D eigenvalue weighted by Gasteiger charge is -2.24. The molecule has 1 aliphatic rings. The molecule has 1 aliphatic heterocycles. The minimum Gasteiger partial charge on any atom is -0.332 e. The first-order valence-corrected chi connectivity index (χ1v) is 8.18. The summed E-state index contributed by atoms with van der Waals surface area (Å²) < 4.78 is 4.64. The Morgan fingerprint density at radius 1 is 1.38 bits per heavy atom. The van der Waals surface area contributed by atoms with Crippen LogP contribution >= 0.6 is 0 Å². The summed E-state index contributed by atoms with van der Waals surface area (Å²) in [4.78, 5) is 16.5. The zero-order chi connectivity index (χ0) is 16.9. The van der Waals surface area contributed by atoms with Crippen LogP contribution < -0.4 is 5.32 Å². The average molecular weight is 329 g/mol. The molecule has 2 aromatic rings. The number of hydrogen-bond donors (Lipinski definition) is 1. The number of carbonyl (C=O) groups is 1. The molecule has 2 heterocycles. The molecule has 1 fully saturated rings. The van der Waals surface area contributed by atoms with Gasteiger partial charge in [-0.05, 0) is 26.0 Å². The van der Waals surface area contributed by atoms with E-state index >= 15 is 0 Å². The number of benzene rings is 1. The topological polar surface area (TPSA) is 74.5 Å². The van der Waals surface area contributed by atoms with Gasteiger partial charge in [0.25, 0.3) is 0 Å². The zero-order valence-corrected chi connectivity index (χ0v) is 14.1. The normalized spacial score (nSPS) is 17.5. The van der Waals surface area contributed by atoms with Crippen molar-refractivity contribution >= 4 is 6.03 Å². The van der Waals surface area contributed by atoms with E-state index in [4.69, 9.17) is 0 Å². The second-order valence-corrected chi connectivity index (χ2v) is 6.24. The molecule has 24 heavy (non-hydrogen) atoms. The summed E-state index contributed by atoms with van der Waals surface area (Å²) in [6, 6.07) is 10.7. The van der Waals surface area contributed by atoms with Gasteiger partial charge in [-0.3, -0.25) is 4.90 Å². The third-order valence-electron chi connectivity index (χ3n) is 4.50. The predicted octanol–water partition coefficient (Wildman–Crippen LogP) is 1.79. The lowest BCUT2D eigenvalue weighted by atomic mass is 10.1. The Kier molecular flexibility index (Phi) is 5.10. The van der Waals surface area contributed by atoms with Crippen molar-refractivity contribution in [2.75, 3.05) is 20.1 Å². The molecule has 1 aromatic heterocycles. The van der Waals surface area contributed by atoms with Crippen LogP contribution in [0.2, 0.25) is 0 Å². The first-order chi connectivity index (χ1) is 11.6. The first kappa shape index (κ1) is 16.4. The third-order valence-corrected chi connectivity index (χ3v) is 4.50. The van der Waals surface area contributed by atoms with Crippen molar-refractivity contribution in [3.8, 4) is 0 Å². The van der Waals surface area contributed by atoms with E-state index in [2.05, 4.69) is 56.5 Å². The highest BCUT2D eigenvalue weighted by Crippen LogP contribution is 2.17. The van der Waals surface area contributed by atoms with Gasteiger partial charge < -0.3 is 10.2 Å². The van der Waals surface area contributed by atoms with E-state index in [-0.39, 0.29) is 6.03 Å². The number of carbonyl (C=O) groups excluding carboxylic acids is 1. The van der Waals surface area contributed by atoms with Crippen LogP contribution in [0.3, 0.4) is 0 Å². The maximum Gasteiger partial charge on any atom is 0.317 e. The molecular formula is C17H23N5O2. The maximum atomic E-state index is 12.3. The summed E-state index contributed by atoms with van der Waals surface area (Å²) in [5.41, 5.74) is 2.66. The number of nitrogens with zero attached hydrogens (tertiary/aromatic N) is 4. The van der Waals surface area contributed by atoms with Gasteiger partial charge in [-0.1, -0.05) is 40.6 Å². The van der Waals surface area contributed by atoms with Gasteiger partial charge in [-0.2, -0.15) is 0 Å². The molecule has 1 aromatic carbocycles. The molecule has 7 heteroatoms. The summed E-state index contributed by atoms with van der Waals surface area (Å²) >= 11 is 0. The van der Waals surface area contributed by atoms with E-state index in [0.717, 1.165) is 26.1 Å². The standard InChI is InChI=1S/C17H23N5O2/c1-13-16(20-24-19-13)10-18-17(23)22-9-8-15(12-22)21(2)11-14-6-4-3-5-7-14/h3-7,15H,8-12H2,1-2H3,(H,18,23). The third kappa shape index (κ3) is 3.91. The van der Waals surface area contributed by atoms with Crippen molar-refractivity contribution in [1.29, 1.82) is 0 Å². The van der Waals surface area contributed by atoms with Crippen LogP contribution in [-0.2, 0) is 13.1 Å². The lowest BCUT2D eigenvalue weighted by molar-refractivity contribution is 0.196. The summed E-state index contributed by atoms with van der Waals surface area (Å²) in [6.45, 7) is 4.55. The number of urea groups is 1. The number of nitrogens with one attached hydrogen (secondary N) is 1. The number of aryl methyl sites for hydroxylation is 1. The summed E-state index contributed by atoms with van der Waals surface area (Å²) in [5.74, 6) is 0. The van der Waals surface area contributed by atoms with Crippen molar-refractivity contribution in [3.05, 3.63) is 47.3 Å². The summed E-state index contributed by atoms with van der Waals surface area (Å²) in [5, 5.41) is 10.4. The fraction of sp³-hybridized carbons (Fsp3) is 0.471. The minimum atomic E-state index is -0.0620. The van der Waals surface area contributed by atoms with Crippen molar-refractivity contribution in [1.82, 2.24) is 25.4 Å².